The second-order valence-electron chi connectivity index (χ2n) is 14.7. The van der Waals surface area contributed by atoms with Gasteiger partial charge in [0.2, 0.25) is 11.8 Å². The summed E-state index contributed by atoms with van der Waals surface area (Å²) in [6.45, 7) is 16.5. The molecule has 3 aromatic carbocycles. The van der Waals surface area contributed by atoms with Crippen molar-refractivity contribution in [3.63, 3.8) is 0 Å². The van der Waals surface area contributed by atoms with Crippen molar-refractivity contribution in [3.05, 3.63) is 70.3 Å². The lowest BCUT2D eigenvalue weighted by Crippen LogP contribution is -2.20. The highest BCUT2D eigenvalue weighted by atomic mass is 32.2. The number of nitrogens with one attached hydrogen (secondary N) is 4. The first-order valence-electron chi connectivity index (χ1n) is 17.4. The number of rotatable bonds is 15. The quantitative estimate of drug-likeness (QED) is 0.0828. The maximum atomic E-state index is 14.1. The van der Waals surface area contributed by atoms with Crippen molar-refractivity contribution >= 4 is 69.9 Å². The van der Waals surface area contributed by atoms with Crippen LogP contribution >= 0.6 is 23.5 Å². The number of benzene rings is 3. The van der Waals surface area contributed by atoms with E-state index < -0.39 is 11.8 Å². The Labute approximate surface area is 316 Å². The zero-order chi connectivity index (χ0) is 38.8. The molecule has 0 unspecified atom stereocenters. The summed E-state index contributed by atoms with van der Waals surface area (Å²) in [6, 6.07) is 12.8. The topological polar surface area (TPSA) is 194 Å². The van der Waals surface area contributed by atoms with E-state index in [9.17, 15) is 19.2 Å². The van der Waals surface area contributed by atoms with Gasteiger partial charge >= 0.3 is 0 Å². The molecule has 0 aromatic heterocycles. The summed E-state index contributed by atoms with van der Waals surface area (Å²) in [7, 11) is 0. The number of hydrogen-bond acceptors (Lipinski definition) is 9. The molecule has 0 radical (unpaired) electrons. The van der Waals surface area contributed by atoms with Crippen LogP contribution in [0.5, 0.6) is 0 Å². The van der Waals surface area contributed by atoms with E-state index in [0.29, 0.717) is 76.5 Å². The fourth-order valence-corrected chi connectivity index (χ4v) is 7.01. The molecular weight excluding hydrogens is 695 g/mol. The average molecular weight is 750 g/mol. The van der Waals surface area contributed by atoms with Crippen LogP contribution in [-0.2, 0) is 26.8 Å². The minimum absolute atomic E-state index is 0.233. The van der Waals surface area contributed by atoms with Crippen LogP contribution in [0.3, 0.4) is 0 Å². The highest BCUT2D eigenvalue weighted by Gasteiger charge is 2.24. The Bertz CT molecular complexity index is 1660. The van der Waals surface area contributed by atoms with Crippen LogP contribution in [0.25, 0.3) is 0 Å². The van der Waals surface area contributed by atoms with Crippen LogP contribution in [0.4, 0.5) is 22.7 Å². The van der Waals surface area contributed by atoms with Crippen molar-refractivity contribution in [2.75, 3.05) is 52.4 Å². The molecule has 0 heterocycles. The van der Waals surface area contributed by atoms with E-state index in [1.807, 2.05) is 24.3 Å². The van der Waals surface area contributed by atoms with Crippen molar-refractivity contribution in [2.45, 2.75) is 88.9 Å². The zero-order valence-electron chi connectivity index (χ0n) is 31.7. The van der Waals surface area contributed by atoms with Crippen molar-refractivity contribution in [1.29, 1.82) is 0 Å². The molecule has 0 spiro atoms. The van der Waals surface area contributed by atoms with Gasteiger partial charge in [-0.2, -0.15) is 0 Å². The maximum Gasteiger partial charge on any atom is 0.255 e. The van der Waals surface area contributed by atoms with Crippen LogP contribution < -0.4 is 38.5 Å². The van der Waals surface area contributed by atoms with Crippen LogP contribution in [-0.4, -0.2) is 54.8 Å². The molecule has 0 aliphatic heterocycles. The molecule has 52 heavy (non-hydrogen) atoms. The first-order valence-corrected chi connectivity index (χ1v) is 19.4. The van der Waals surface area contributed by atoms with Gasteiger partial charge in [-0.15, -0.1) is 23.5 Å². The van der Waals surface area contributed by atoms with Crippen LogP contribution in [0, 0.1) is 0 Å². The number of carbonyl (C=O) groups is 4. The third-order valence-electron chi connectivity index (χ3n) is 7.94. The Hall–Kier alpha value is -3.88. The van der Waals surface area contributed by atoms with Crippen molar-refractivity contribution in [3.8, 4) is 0 Å². The zero-order valence-corrected chi connectivity index (χ0v) is 33.3. The minimum Gasteiger partial charge on any atom is -0.330 e. The van der Waals surface area contributed by atoms with Crippen LogP contribution in [0.1, 0.15) is 99.2 Å². The summed E-state index contributed by atoms with van der Waals surface area (Å²) in [5.41, 5.74) is 22.4. The lowest BCUT2D eigenvalue weighted by atomic mass is 9.86. The third-order valence-corrected chi connectivity index (χ3v) is 10.3. The van der Waals surface area contributed by atoms with Crippen molar-refractivity contribution in [1.82, 2.24) is 0 Å². The van der Waals surface area contributed by atoms with Gasteiger partial charge in [0.25, 0.3) is 11.8 Å². The van der Waals surface area contributed by atoms with Crippen LogP contribution in [0.2, 0.25) is 0 Å². The monoisotopic (exact) mass is 749 g/mol. The lowest BCUT2D eigenvalue weighted by molar-refractivity contribution is -0.115. The molecule has 3 rings (SSSR count). The first kappa shape index (κ1) is 42.5. The summed E-state index contributed by atoms with van der Waals surface area (Å²) in [6.07, 6.45) is 1.22. The SMILES string of the molecule is CC(=O)Nc1cc(C(C)(C)C)cc(NC(=O)c2cc(CCCN)cc(C(=O)Nc3cc(C(C)(C)C)cc(NC(C)=O)c3SCCN)c2)c1SCCN. The predicted octanol–water partition coefficient (Wildman–Crippen LogP) is 6.70. The molecule has 0 bridgehead atoms. The van der Waals surface area contributed by atoms with Gasteiger partial charge in [-0.05, 0) is 89.4 Å². The fraction of sp³-hybridized carbons (Fsp3) is 0.436. The lowest BCUT2D eigenvalue weighted by Gasteiger charge is -2.24. The summed E-state index contributed by atoms with van der Waals surface area (Å²) >= 11 is 2.88. The standard InChI is InChI=1S/C39H55N7O4S2/c1-23(47)43-30-19-28(38(3,4)5)21-32(34(30)51-14-12-41)45-36(49)26-16-25(10-9-11-40)17-27(18-26)37(50)46-33-22-29(39(6,7)8)20-31(44-24(2)48)35(33)52-15-13-42/h16-22H,9-15,40-42H2,1-8H3,(H,43,47)(H,44,48)(H,45,49)(H,46,50). The van der Waals surface area contributed by atoms with Gasteiger partial charge in [0, 0.05) is 49.6 Å². The number of amides is 4. The highest BCUT2D eigenvalue weighted by Crippen LogP contribution is 2.41. The number of carbonyl (C=O) groups excluding carboxylic acids is 4. The van der Waals surface area contributed by atoms with Gasteiger partial charge in [-0.25, -0.2) is 0 Å². The Morgan fingerprint density at radius 1 is 0.558 bits per heavy atom. The smallest absolute Gasteiger partial charge is 0.255 e. The Morgan fingerprint density at radius 3 is 1.23 bits per heavy atom. The maximum absolute atomic E-state index is 14.1. The second kappa shape index (κ2) is 18.7. The largest absolute Gasteiger partial charge is 0.330 e. The van der Waals surface area contributed by atoms with Gasteiger partial charge in [0.05, 0.1) is 32.5 Å². The summed E-state index contributed by atoms with van der Waals surface area (Å²) in [5, 5.41) is 12.0. The van der Waals surface area contributed by atoms with Crippen molar-refractivity contribution < 1.29 is 19.2 Å². The molecule has 11 nitrogen and oxygen atoms in total. The van der Waals surface area contributed by atoms with E-state index in [0.717, 1.165) is 16.7 Å². The molecule has 282 valence electrons. The summed E-state index contributed by atoms with van der Waals surface area (Å²) < 4.78 is 0. The van der Waals surface area contributed by atoms with Gasteiger partial charge < -0.3 is 38.5 Å². The average Bonchev–Trinajstić information content (AvgIpc) is 3.04. The molecule has 10 N–H and O–H groups in total. The van der Waals surface area contributed by atoms with E-state index in [1.165, 1.54) is 37.4 Å². The number of anilines is 4. The molecule has 0 aliphatic rings. The molecule has 3 aromatic rings. The Morgan fingerprint density at radius 2 is 0.923 bits per heavy atom. The molecular formula is C39H55N7O4S2. The predicted molar refractivity (Wildman–Crippen MR) is 218 cm³/mol. The molecule has 0 saturated heterocycles. The van der Waals surface area contributed by atoms with Gasteiger partial charge in [-0.3, -0.25) is 19.2 Å². The van der Waals surface area contributed by atoms with E-state index in [-0.39, 0.29) is 33.8 Å². The van der Waals surface area contributed by atoms with Gasteiger partial charge in [0.15, 0.2) is 0 Å². The van der Waals surface area contributed by atoms with E-state index in [1.54, 1.807) is 18.2 Å². The van der Waals surface area contributed by atoms with Gasteiger partial charge in [0.1, 0.15) is 0 Å². The molecule has 0 atom stereocenters. The fourth-order valence-electron chi connectivity index (χ4n) is 5.30. The Kier molecular flexibility index (Phi) is 15.3. The number of nitrogens with two attached hydrogens (primary N) is 3. The van der Waals surface area contributed by atoms with E-state index >= 15 is 0 Å². The summed E-state index contributed by atoms with van der Waals surface area (Å²) in [4.78, 5) is 54.1. The van der Waals surface area contributed by atoms with Crippen LogP contribution in [0.15, 0.2) is 52.3 Å². The van der Waals surface area contributed by atoms with Gasteiger partial charge in [-0.1, -0.05) is 41.5 Å². The number of thioether (sulfide) groups is 2. The summed E-state index contributed by atoms with van der Waals surface area (Å²) in [5.74, 6) is -0.171. The minimum atomic E-state index is -0.417. The third kappa shape index (κ3) is 12.1. The first-order chi connectivity index (χ1) is 24.4. The van der Waals surface area contributed by atoms with E-state index in [2.05, 4.69) is 62.8 Å². The molecule has 0 aliphatic carbocycles. The Balaban J connectivity index is 2.15. The van der Waals surface area contributed by atoms with E-state index in [4.69, 9.17) is 17.2 Å². The number of hydrogen-bond donors (Lipinski definition) is 7. The molecule has 13 heteroatoms. The highest BCUT2D eigenvalue weighted by molar-refractivity contribution is 7.99. The number of aryl methyl sites for hydroxylation is 1. The molecule has 0 saturated carbocycles. The second-order valence-corrected chi connectivity index (χ2v) is 16.9. The molecule has 4 amide bonds. The molecule has 0 fully saturated rings. The normalized spacial score (nSPS) is 11.6. The van der Waals surface area contributed by atoms with Crippen molar-refractivity contribution in [2.24, 2.45) is 17.2 Å².